The van der Waals surface area contributed by atoms with Gasteiger partial charge in [0.25, 0.3) is 0 Å². The minimum atomic E-state index is -0.939. The summed E-state index contributed by atoms with van der Waals surface area (Å²) in [4.78, 5) is 12.8. The molecule has 18 heavy (non-hydrogen) atoms. The van der Waals surface area contributed by atoms with Gasteiger partial charge >= 0.3 is 5.97 Å². The molecule has 0 bridgehead atoms. The number of rotatable bonds is 5. The van der Waals surface area contributed by atoms with Gasteiger partial charge in [0.2, 0.25) is 0 Å². The molecule has 0 saturated heterocycles. The molecule has 0 saturated carbocycles. The maximum absolute atomic E-state index is 10.8. The maximum Gasteiger partial charge on any atom is 0.335 e. The third-order valence-electron chi connectivity index (χ3n) is 3.13. The highest BCUT2D eigenvalue weighted by Crippen LogP contribution is 2.23. The Bertz CT molecular complexity index is 446. The molecule has 4 nitrogen and oxygen atoms in total. The number of nitrogens with zero attached hydrogens (tertiary/aromatic N) is 1. The molecule has 0 aliphatic heterocycles. The highest BCUT2D eigenvalue weighted by Gasteiger charge is 2.23. The van der Waals surface area contributed by atoms with Crippen LogP contribution in [0.5, 0.6) is 0 Å². The van der Waals surface area contributed by atoms with Crippen LogP contribution in [0.1, 0.15) is 29.8 Å². The number of carbonyl (C=O) groups is 1. The molecule has 1 aromatic rings. The number of carboxylic acid groups (broad SMARTS) is 1. The Morgan fingerprint density at radius 1 is 1.44 bits per heavy atom. The summed E-state index contributed by atoms with van der Waals surface area (Å²) in [7, 11) is 1.92. The van der Waals surface area contributed by atoms with Crippen LogP contribution in [0.15, 0.2) is 22.7 Å². The van der Waals surface area contributed by atoms with Gasteiger partial charge in [-0.25, -0.2) is 4.79 Å². The molecule has 1 rings (SSSR count). The second kappa shape index (κ2) is 5.82. The van der Waals surface area contributed by atoms with Gasteiger partial charge in [-0.1, -0.05) is 22.0 Å². The Morgan fingerprint density at radius 2 is 2.06 bits per heavy atom. The number of aromatic carboxylic acids is 1. The lowest BCUT2D eigenvalue weighted by Crippen LogP contribution is -2.43. The first-order chi connectivity index (χ1) is 8.27. The van der Waals surface area contributed by atoms with Crippen molar-refractivity contribution in [1.29, 1.82) is 0 Å². The van der Waals surface area contributed by atoms with Crippen LogP contribution in [0.3, 0.4) is 0 Å². The largest absolute Gasteiger partial charge is 0.478 e. The van der Waals surface area contributed by atoms with Crippen LogP contribution in [-0.4, -0.2) is 40.3 Å². The molecule has 0 aliphatic rings. The first-order valence-corrected chi connectivity index (χ1v) is 6.41. The highest BCUT2D eigenvalue weighted by atomic mass is 79.9. The molecule has 0 fully saturated rings. The smallest absolute Gasteiger partial charge is 0.335 e. The molecular weight excluding hydrogens is 298 g/mol. The number of aliphatic hydroxyl groups excluding tert-OH is 1. The van der Waals surface area contributed by atoms with Gasteiger partial charge in [-0.3, -0.25) is 4.90 Å². The standard InChI is InChI=1S/C13H18BrNO3/c1-13(2,8-16)15(3)7-10-5-4-9(12(17)18)6-11(10)14/h4-6,16H,7-8H2,1-3H3,(H,17,18). The predicted molar refractivity (Wildman–Crippen MR) is 73.7 cm³/mol. The van der Waals surface area contributed by atoms with Crippen molar-refractivity contribution in [2.24, 2.45) is 0 Å². The molecular formula is C13H18BrNO3. The number of carboxylic acids is 1. The van der Waals surface area contributed by atoms with Crippen LogP contribution in [0, 0.1) is 0 Å². The van der Waals surface area contributed by atoms with Crippen molar-refractivity contribution in [3.05, 3.63) is 33.8 Å². The van der Waals surface area contributed by atoms with E-state index in [0.717, 1.165) is 10.0 Å². The van der Waals surface area contributed by atoms with Gasteiger partial charge in [0.1, 0.15) is 0 Å². The van der Waals surface area contributed by atoms with E-state index < -0.39 is 5.97 Å². The molecule has 1 aromatic carbocycles. The number of aliphatic hydroxyl groups is 1. The molecule has 0 atom stereocenters. The van der Waals surface area contributed by atoms with Crippen LogP contribution in [0.2, 0.25) is 0 Å². The summed E-state index contributed by atoms with van der Waals surface area (Å²) in [5, 5.41) is 18.2. The predicted octanol–water partition coefficient (Wildman–Crippen LogP) is 2.35. The van der Waals surface area contributed by atoms with Crippen molar-refractivity contribution >= 4 is 21.9 Å². The van der Waals surface area contributed by atoms with Gasteiger partial charge in [-0.05, 0) is 38.6 Å². The van der Waals surface area contributed by atoms with Crippen molar-refractivity contribution in [3.63, 3.8) is 0 Å². The summed E-state index contributed by atoms with van der Waals surface area (Å²) in [5.41, 5.74) is 0.934. The van der Waals surface area contributed by atoms with Gasteiger partial charge in [0.05, 0.1) is 12.2 Å². The average molecular weight is 316 g/mol. The van der Waals surface area contributed by atoms with Crippen LogP contribution >= 0.6 is 15.9 Å². The van der Waals surface area contributed by atoms with Crippen LogP contribution < -0.4 is 0 Å². The number of likely N-dealkylation sites (N-methyl/N-ethyl adjacent to an activating group) is 1. The second-order valence-electron chi connectivity index (χ2n) is 4.94. The lowest BCUT2D eigenvalue weighted by molar-refractivity contribution is 0.0696. The van der Waals surface area contributed by atoms with E-state index >= 15 is 0 Å². The van der Waals surface area contributed by atoms with E-state index in [-0.39, 0.29) is 17.7 Å². The fourth-order valence-corrected chi connectivity index (χ4v) is 1.90. The minimum Gasteiger partial charge on any atom is -0.478 e. The number of halogens is 1. The molecule has 0 radical (unpaired) electrons. The summed E-state index contributed by atoms with van der Waals surface area (Å²) in [6, 6.07) is 4.97. The van der Waals surface area contributed by atoms with Crippen molar-refractivity contribution in [3.8, 4) is 0 Å². The maximum atomic E-state index is 10.8. The Balaban J connectivity index is 2.89. The molecule has 0 aromatic heterocycles. The quantitative estimate of drug-likeness (QED) is 0.875. The lowest BCUT2D eigenvalue weighted by Gasteiger charge is -2.34. The summed E-state index contributed by atoms with van der Waals surface area (Å²) in [5.74, 6) is -0.939. The molecule has 0 amide bonds. The Kier molecular flexibility index (Phi) is 4.90. The van der Waals surface area contributed by atoms with Crippen LogP contribution in [0.4, 0.5) is 0 Å². The van der Waals surface area contributed by atoms with E-state index in [1.807, 2.05) is 25.8 Å². The summed E-state index contributed by atoms with van der Waals surface area (Å²) < 4.78 is 0.767. The van der Waals surface area contributed by atoms with Crippen molar-refractivity contribution in [1.82, 2.24) is 4.90 Å². The van der Waals surface area contributed by atoms with Crippen molar-refractivity contribution in [2.75, 3.05) is 13.7 Å². The highest BCUT2D eigenvalue weighted by molar-refractivity contribution is 9.10. The fourth-order valence-electron chi connectivity index (χ4n) is 1.40. The number of hydrogen-bond donors (Lipinski definition) is 2. The second-order valence-corrected chi connectivity index (χ2v) is 5.79. The molecule has 2 N–H and O–H groups in total. The normalized spacial score (nSPS) is 11.9. The van der Waals surface area contributed by atoms with E-state index in [2.05, 4.69) is 15.9 Å². The first kappa shape index (κ1) is 15.1. The molecule has 0 unspecified atom stereocenters. The van der Waals surface area contributed by atoms with Gasteiger partial charge < -0.3 is 10.2 Å². The van der Waals surface area contributed by atoms with Gasteiger partial charge in [-0.15, -0.1) is 0 Å². The van der Waals surface area contributed by atoms with Gasteiger partial charge in [0, 0.05) is 16.6 Å². The van der Waals surface area contributed by atoms with E-state index in [4.69, 9.17) is 5.11 Å². The summed E-state index contributed by atoms with van der Waals surface area (Å²) >= 11 is 3.38. The van der Waals surface area contributed by atoms with Crippen LogP contribution in [-0.2, 0) is 6.54 Å². The van der Waals surface area contributed by atoms with Crippen molar-refractivity contribution < 1.29 is 15.0 Å². The lowest BCUT2D eigenvalue weighted by atomic mass is 10.0. The molecule has 0 spiro atoms. The monoisotopic (exact) mass is 315 g/mol. The summed E-state index contributed by atoms with van der Waals surface area (Å²) in [6.45, 7) is 4.60. The third kappa shape index (κ3) is 3.54. The zero-order chi connectivity index (χ0) is 13.9. The molecule has 100 valence electrons. The van der Waals surface area contributed by atoms with E-state index in [1.54, 1.807) is 18.2 Å². The van der Waals surface area contributed by atoms with Gasteiger partial charge in [0.15, 0.2) is 0 Å². The summed E-state index contributed by atoms with van der Waals surface area (Å²) in [6.07, 6.45) is 0. The zero-order valence-electron chi connectivity index (χ0n) is 10.8. The van der Waals surface area contributed by atoms with Crippen molar-refractivity contribution in [2.45, 2.75) is 25.9 Å². The van der Waals surface area contributed by atoms with Gasteiger partial charge in [-0.2, -0.15) is 0 Å². The number of benzene rings is 1. The molecule has 0 heterocycles. The SMILES string of the molecule is CN(Cc1ccc(C(=O)O)cc1Br)C(C)(C)CO. The minimum absolute atomic E-state index is 0.0638. The zero-order valence-corrected chi connectivity index (χ0v) is 12.4. The Morgan fingerprint density at radius 3 is 2.50 bits per heavy atom. The topological polar surface area (TPSA) is 60.8 Å². The Hall–Kier alpha value is -0.910. The average Bonchev–Trinajstić information content (AvgIpc) is 2.31. The Labute approximate surface area is 115 Å². The first-order valence-electron chi connectivity index (χ1n) is 5.62. The fraction of sp³-hybridized carbons (Fsp3) is 0.462. The van der Waals surface area contributed by atoms with E-state index in [9.17, 15) is 9.90 Å². The molecule has 0 aliphatic carbocycles. The van der Waals surface area contributed by atoms with Crippen LogP contribution in [0.25, 0.3) is 0 Å². The van der Waals surface area contributed by atoms with E-state index in [1.165, 1.54) is 0 Å². The third-order valence-corrected chi connectivity index (χ3v) is 3.87. The molecule has 5 heteroatoms. The van der Waals surface area contributed by atoms with E-state index in [0.29, 0.717) is 6.54 Å². The number of hydrogen-bond acceptors (Lipinski definition) is 3.